The van der Waals surface area contributed by atoms with E-state index in [1.165, 1.54) is 17.7 Å². The maximum Gasteiger partial charge on any atom is 0.133 e. The summed E-state index contributed by atoms with van der Waals surface area (Å²) in [6.07, 6.45) is 1.80. The van der Waals surface area contributed by atoms with Crippen LogP contribution < -0.4 is 10.2 Å². The second-order valence-electron chi connectivity index (χ2n) is 5.18. The summed E-state index contributed by atoms with van der Waals surface area (Å²) in [7, 11) is 2.01. The molecule has 4 heteroatoms. The molecule has 1 aromatic heterocycles. The predicted molar refractivity (Wildman–Crippen MR) is 84.8 cm³/mol. The molecule has 1 unspecified atom stereocenters. The number of benzene rings is 1. The fourth-order valence-corrected chi connectivity index (χ4v) is 2.42. The van der Waals surface area contributed by atoms with Crippen LogP contribution in [0.1, 0.15) is 31.0 Å². The summed E-state index contributed by atoms with van der Waals surface area (Å²) in [4.78, 5) is 6.60. The topological polar surface area (TPSA) is 28.2 Å². The van der Waals surface area contributed by atoms with Gasteiger partial charge in [0.1, 0.15) is 11.6 Å². The van der Waals surface area contributed by atoms with E-state index >= 15 is 0 Å². The molecule has 0 aliphatic heterocycles. The summed E-state index contributed by atoms with van der Waals surface area (Å²) in [6.45, 7) is 5.84. The molecule has 1 aromatic carbocycles. The van der Waals surface area contributed by atoms with Gasteiger partial charge in [-0.2, -0.15) is 0 Å². The number of pyridine rings is 1. The van der Waals surface area contributed by atoms with Crippen LogP contribution in [0, 0.1) is 5.82 Å². The van der Waals surface area contributed by atoms with Gasteiger partial charge < -0.3 is 10.2 Å². The Labute approximate surface area is 125 Å². The van der Waals surface area contributed by atoms with Gasteiger partial charge >= 0.3 is 0 Å². The van der Waals surface area contributed by atoms with Crippen molar-refractivity contribution in [3.63, 3.8) is 0 Å². The third-order valence-corrected chi connectivity index (χ3v) is 3.49. The van der Waals surface area contributed by atoms with Gasteiger partial charge in [-0.05, 0) is 37.2 Å². The Morgan fingerprint density at radius 2 is 1.95 bits per heavy atom. The van der Waals surface area contributed by atoms with Gasteiger partial charge in [0.2, 0.25) is 0 Å². The molecule has 0 aliphatic rings. The highest BCUT2D eigenvalue weighted by molar-refractivity contribution is 5.48. The molecule has 0 bridgehead atoms. The van der Waals surface area contributed by atoms with Gasteiger partial charge in [0.15, 0.2) is 0 Å². The lowest BCUT2D eigenvalue weighted by Crippen LogP contribution is -2.24. The van der Waals surface area contributed by atoms with E-state index in [4.69, 9.17) is 0 Å². The minimum Gasteiger partial charge on any atom is -0.355 e. The molecule has 3 nitrogen and oxygen atoms in total. The molecular formula is C17H22FN3. The van der Waals surface area contributed by atoms with E-state index in [0.29, 0.717) is 6.54 Å². The van der Waals surface area contributed by atoms with Crippen LogP contribution in [-0.4, -0.2) is 18.6 Å². The first-order valence-electron chi connectivity index (χ1n) is 7.25. The van der Waals surface area contributed by atoms with Crippen LogP contribution >= 0.6 is 0 Å². The van der Waals surface area contributed by atoms with E-state index in [1.54, 1.807) is 6.20 Å². The SMILES string of the molecule is CCNC(C)c1cccnc1N(C)Cc1ccc(F)cc1. The van der Waals surface area contributed by atoms with Crippen molar-refractivity contribution in [1.82, 2.24) is 10.3 Å². The number of nitrogens with one attached hydrogen (secondary N) is 1. The monoisotopic (exact) mass is 287 g/mol. The number of nitrogens with zero attached hydrogens (tertiary/aromatic N) is 2. The summed E-state index contributed by atoms with van der Waals surface area (Å²) in [5.41, 5.74) is 2.23. The summed E-state index contributed by atoms with van der Waals surface area (Å²) in [5, 5.41) is 3.41. The van der Waals surface area contributed by atoms with Gasteiger partial charge in [-0.3, -0.25) is 0 Å². The van der Waals surface area contributed by atoms with Crippen LogP contribution in [0.3, 0.4) is 0 Å². The smallest absolute Gasteiger partial charge is 0.133 e. The highest BCUT2D eigenvalue weighted by Gasteiger charge is 2.14. The molecule has 0 saturated carbocycles. The van der Waals surface area contributed by atoms with Crippen LogP contribution in [0.5, 0.6) is 0 Å². The first-order valence-corrected chi connectivity index (χ1v) is 7.25. The van der Waals surface area contributed by atoms with Crippen LogP contribution in [0.2, 0.25) is 0 Å². The number of hydrogen-bond acceptors (Lipinski definition) is 3. The van der Waals surface area contributed by atoms with Gasteiger partial charge in [0, 0.05) is 31.4 Å². The van der Waals surface area contributed by atoms with E-state index in [9.17, 15) is 4.39 Å². The highest BCUT2D eigenvalue weighted by atomic mass is 19.1. The maximum atomic E-state index is 13.0. The summed E-state index contributed by atoms with van der Waals surface area (Å²) in [5.74, 6) is 0.746. The minimum atomic E-state index is -0.208. The molecule has 112 valence electrons. The van der Waals surface area contributed by atoms with Gasteiger partial charge in [-0.25, -0.2) is 9.37 Å². The Morgan fingerprint density at radius 1 is 1.24 bits per heavy atom. The number of halogens is 1. The largest absolute Gasteiger partial charge is 0.355 e. The van der Waals surface area contributed by atoms with Crippen molar-refractivity contribution in [1.29, 1.82) is 0 Å². The number of rotatable bonds is 6. The summed E-state index contributed by atoms with van der Waals surface area (Å²) < 4.78 is 13.0. The number of hydrogen-bond donors (Lipinski definition) is 1. The minimum absolute atomic E-state index is 0.208. The van der Waals surface area contributed by atoms with Gasteiger partial charge in [0.05, 0.1) is 0 Å². The molecule has 1 atom stereocenters. The molecule has 1 N–H and O–H groups in total. The van der Waals surface area contributed by atoms with E-state index in [-0.39, 0.29) is 11.9 Å². The Balaban J connectivity index is 2.18. The van der Waals surface area contributed by atoms with Crippen LogP contribution in [0.15, 0.2) is 42.6 Å². The molecule has 2 rings (SSSR count). The molecule has 0 spiro atoms. The second kappa shape index (κ2) is 7.18. The number of aromatic nitrogens is 1. The zero-order valence-electron chi connectivity index (χ0n) is 12.8. The first kappa shape index (κ1) is 15.4. The van der Waals surface area contributed by atoms with Crippen molar-refractivity contribution in [3.8, 4) is 0 Å². The molecule has 0 amide bonds. The molecule has 2 aromatic rings. The molecule has 21 heavy (non-hydrogen) atoms. The average molecular weight is 287 g/mol. The van der Waals surface area contributed by atoms with E-state index in [0.717, 1.165) is 17.9 Å². The van der Waals surface area contributed by atoms with Gasteiger partial charge in [-0.15, -0.1) is 0 Å². The molecule has 0 fully saturated rings. The average Bonchev–Trinajstić information content (AvgIpc) is 2.50. The van der Waals surface area contributed by atoms with Gasteiger partial charge in [0.25, 0.3) is 0 Å². The Bertz CT molecular complexity index is 569. The quantitative estimate of drug-likeness (QED) is 0.881. The van der Waals surface area contributed by atoms with E-state index < -0.39 is 0 Å². The molecular weight excluding hydrogens is 265 g/mol. The maximum absolute atomic E-state index is 13.0. The Kier molecular flexibility index (Phi) is 5.28. The lowest BCUT2D eigenvalue weighted by molar-refractivity contribution is 0.594. The standard InChI is InChI=1S/C17H22FN3/c1-4-19-13(2)16-6-5-11-20-17(16)21(3)12-14-7-9-15(18)10-8-14/h5-11,13,19H,4,12H2,1-3H3. The van der Waals surface area contributed by atoms with Crippen molar-refractivity contribution < 1.29 is 4.39 Å². The van der Waals surface area contributed by atoms with Crippen LogP contribution in [-0.2, 0) is 6.54 Å². The van der Waals surface area contributed by atoms with Crippen molar-refractivity contribution in [2.24, 2.45) is 0 Å². The third kappa shape index (κ3) is 4.02. The zero-order chi connectivity index (χ0) is 15.2. The Hall–Kier alpha value is -1.94. The first-order chi connectivity index (χ1) is 10.1. The second-order valence-corrected chi connectivity index (χ2v) is 5.18. The fourth-order valence-electron chi connectivity index (χ4n) is 2.42. The lowest BCUT2D eigenvalue weighted by atomic mass is 10.1. The summed E-state index contributed by atoms with van der Waals surface area (Å²) >= 11 is 0. The van der Waals surface area contributed by atoms with Crippen molar-refractivity contribution in [2.45, 2.75) is 26.4 Å². The lowest BCUT2D eigenvalue weighted by Gasteiger charge is -2.24. The highest BCUT2D eigenvalue weighted by Crippen LogP contribution is 2.24. The molecule has 0 aliphatic carbocycles. The van der Waals surface area contributed by atoms with E-state index in [1.807, 2.05) is 25.2 Å². The third-order valence-electron chi connectivity index (χ3n) is 3.49. The molecule has 0 saturated heterocycles. The van der Waals surface area contributed by atoms with Crippen LogP contribution in [0.25, 0.3) is 0 Å². The predicted octanol–water partition coefficient (Wildman–Crippen LogP) is 3.53. The molecule has 0 radical (unpaired) electrons. The van der Waals surface area contributed by atoms with Crippen molar-refractivity contribution >= 4 is 5.82 Å². The van der Waals surface area contributed by atoms with Crippen molar-refractivity contribution in [2.75, 3.05) is 18.5 Å². The van der Waals surface area contributed by atoms with Crippen molar-refractivity contribution in [3.05, 3.63) is 59.5 Å². The van der Waals surface area contributed by atoms with Gasteiger partial charge in [-0.1, -0.05) is 25.1 Å². The fraction of sp³-hybridized carbons (Fsp3) is 0.353. The van der Waals surface area contributed by atoms with E-state index in [2.05, 4.69) is 35.1 Å². The molecule has 1 heterocycles. The zero-order valence-corrected chi connectivity index (χ0v) is 12.8. The van der Waals surface area contributed by atoms with Crippen LogP contribution in [0.4, 0.5) is 10.2 Å². The normalized spacial score (nSPS) is 12.2. The Morgan fingerprint density at radius 3 is 2.62 bits per heavy atom. The summed E-state index contributed by atoms with van der Waals surface area (Å²) in [6, 6.07) is 10.9. The number of anilines is 1.